The molecule has 1 N–H and O–H groups in total. The summed E-state index contributed by atoms with van der Waals surface area (Å²) in [6.07, 6.45) is 0.896. The van der Waals surface area contributed by atoms with E-state index < -0.39 is 0 Å². The standard InChI is InChI=1S/C20H27N5O2/c1-4-9-21-20(26)16-14-19(23-15(2)22-16)25-12-10-24(11-13-25)17-7-5-6-8-18(17)27-3/h5-8,14H,4,9-13H2,1-3H3,(H,21,26). The molecule has 0 saturated carbocycles. The number of anilines is 2. The highest BCUT2D eigenvalue weighted by atomic mass is 16.5. The Hall–Kier alpha value is -2.83. The van der Waals surface area contributed by atoms with Gasteiger partial charge in [0.1, 0.15) is 23.1 Å². The van der Waals surface area contributed by atoms with Gasteiger partial charge >= 0.3 is 0 Å². The zero-order valence-electron chi connectivity index (χ0n) is 16.2. The van der Waals surface area contributed by atoms with Gasteiger partial charge in [-0.25, -0.2) is 9.97 Å². The fraction of sp³-hybridized carbons (Fsp3) is 0.450. The Kier molecular flexibility index (Phi) is 6.11. The van der Waals surface area contributed by atoms with Gasteiger partial charge in [0.15, 0.2) is 0 Å². The molecule has 2 aromatic rings. The van der Waals surface area contributed by atoms with E-state index in [0.29, 0.717) is 18.1 Å². The summed E-state index contributed by atoms with van der Waals surface area (Å²) in [5.41, 5.74) is 1.54. The number of hydrogen-bond acceptors (Lipinski definition) is 6. The number of aryl methyl sites for hydroxylation is 1. The van der Waals surface area contributed by atoms with Crippen LogP contribution in [0.25, 0.3) is 0 Å². The van der Waals surface area contributed by atoms with Gasteiger partial charge in [-0.05, 0) is 25.5 Å². The van der Waals surface area contributed by atoms with Gasteiger partial charge in [-0.2, -0.15) is 0 Å². The third-order valence-electron chi connectivity index (χ3n) is 4.62. The molecule has 1 aliphatic heterocycles. The zero-order chi connectivity index (χ0) is 19.2. The lowest BCUT2D eigenvalue weighted by Gasteiger charge is -2.37. The van der Waals surface area contributed by atoms with Crippen LogP contribution in [0.2, 0.25) is 0 Å². The molecule has 144 valence electrons. The monoisotopic (exact) mass is 369 g/mol. The lowest BCUT2D eigenvalue weighted by molar-refractivity contribution is 0.0948. The molecule has 0 spiro atoms. The third kappa shape index (κ3) is 4.48. The quantitative estimate of drug-likeness (QED) is 0.842. The second-order valence-electron chi connectivity index (χ2n) is 6.56. The Morgan fingerprint density at radius 3 is 2.56 bits per heavy atom. The summed E-state index contributed by atoms with van der Waals surface area (Å²) in [5.74, 6) is 2.17. The third-order valence-corrected chi connectivity index (χ3v) is 4.62. The summed E-state index contributed by atoms with van der Waals surface area (Å²) >= 11 is 0. The van der Waals surface area contributed by atoms with Crippen molar-refractivity contribution in [1.29, 1.82) is 0 Å². The van der Waals surface area contributed by atoms with Crippen LogP contribution >= 0.6 is 0 Å². The lowest BCUT2D eigenvalue weighted by atomic mass is 10.2. The van der Waals surface area contributed by atoms with Crippen LogP contribution < -0.4 is 19.9 Å². The van der Waals surface area contributed by atoms with Crippen molar-refractivity contribution in [2.24, 2.45) is 0 Å². The maximum absolute atomic E-state index is 12.3. The molecule has 1 amide bonds. The fourth-order valence-electron chi connectivity index (χ4n) is 3.23. The van der Waals surface area contributed by atoms with E-state index in [0.717, 1.165) is 49.9 Å². The number of ether oxygens (including phenoxy) is 1. The largest absolute Gasteiger partial charge is 0.495 e. The van der Waals surface area contributed by atoms with Crippen molar-refractivity contribution < 1.29 is 9.53 Å². The number of nitrogens with one attached hydrogen (secondary N) is 1. The van der Waals surface area contributed by atoms with Crippen molar-refractivity contribution >= 4 is 17.4 Å². The van der Waals surface area contributed by atoms with Crippen LogP contribution in [0.3, 0.4) is 0 Å². The summed E-state index contributed by atoms with van der Waals surface area (Å²) in [5, 5.41) is 2.88. The first-order valence-electron chi connectivity index (χ1n) is 9.39. The minimum Gasteiger partial charge on any atom is -0.495 e. The van der Waals surface area contributed by atoms with Crippen molar-refractivity contribution in [3.63, 3.8) is 0 Å². The highest BCUT2D eigenvalue weighted by Crippen LogP contribution is 2.29. The number of piperazine rings is 1. The van der Waals surface area contributed by atoms with Crippen LogP contribution in [0.15, 0.2) is 30.3 Å². The van der Waals surface area contributed by atoms with E-state index in [2.05, 4.69) is 31.2 Å². The Morgan fingerprint density at radius 1 is 1.15 bits per heavy atom. The van der Waals surface area contributed by atoms with Crippen molar-refractivity contribution in [3.8, 4) is 5.75 Å². The Morgan fingerprint density at radius 2 is 1.85 bits per heavy atom. The molecule has 1 aromatic heterocycles. The number of aromatic nitrogens is 2. The van der Waals surface area contributed by atoms with Gasteiger partial charge in [-0.15, -0.1) is 0 Å². The molecule has 0 radical (unpaired) electrons. The molecular formula is C20H27N5O2. The SMILES string of the molecule is CCCNC(=O)c1cc(N2CCN(c3ccccc3OC)CC2)nc(C)n1. The first-order valence-corrected chi connectivity index (χ1v) is 9.39. The Balaban J connectivity index is 1.70. The first-order chi connectivity index (χ1) is 13.1. The molecule has 2 heterocycles. The van der Waals surface area contributed by atoms with Gasteiger partial charge in [-0.3, -0.25) is 4.79 Å². The van der Waals surface area contributed by atoms with Gasteiger partial charge in [-0.1, -0.05) is 19.1 Å². The van der Waals surface area contributed by atoms with E-state index in [1.165, 1.54) is 0 Å². The number of methoxy groups -OCH3 is 1. The summed E-state index contributed by atoms with van der Waals surface area (Å²) < 4.78 is 5.48. The maximum atomic E-state index is 12.3. The van der Waals surface area contributed by atoms with E-state index in [9.17, 15) is 4.79 Å². The van der Waals surface area contributed by atoms with Crippen LogP contribution in [-0.2, 0) is 0 Å². The molecule has 1 aliphatic rings. The summed E-state index contributed by atoms with van der Waals surface area (Å²) in [4.78, 5) is 25.6. The van der Waals surface area contributed by atoms with E-state index in [1.807, 2.05) is 32.0 Å². The van der Waals surface area contributed by atoms with Crippen LogP contribution in [0.1, 0.15) is 29.7 Å². The van der Waals surface area contributed by atoms with E-state index >= 15 is 0 Å². The molecule has 27 heavy (non-hydrogen) atoms. The predicted octanol–water partition coefficient (Wildman–Crippen LogP) is 2.26. The number of hydrogen-bond donors (Lipinski definition) is 1. The van der Waals surface area contributed by atoms with Crippen LogP contribution in [0, 0.1) is 6.92 Å². The lowest BCUT2D eigenvalue weighted by Crippen LogP contribution is -2.47. The highest BCUT2D eigenvalue weighted by Gasteiger charge is 2.22. The van der Waals surface area contributed by atoms with E-state index in [1.54, 1.807) is 13.2 Å². The minimum absolute atomic E-state index is 0.142. The van der Waals surface area contributed by atoms with Crippen LogP contribution in [-0.4, -0.2) is 55.7 Å². The molecule has 7 heteroatoms. The second-order valence-corrected chi connectivity index (χ2v) is 6.56. The van der Waals surface area contributed by atoms with Crippen LogP contribution in [0.4, 0.5) is 11.5 Å². The molecule has 0 bridgehead atoms. The number of nitrogens with zero attached hydrogens (tertiary/aromatic N) is 4. The molecule has 0 aliphatic carbocycles. The average molecular weight is 369 g/mol. The molecule has 7 nitrogen and oxygen atoms in total. The summed E-state index contributed by atoms with van der Waals surface area (Å²) in [6, 6.07) is 9.86. The molecule has 1 fully saturated rings. The molecule has 1 aromatic carbocycles. The number of benzene rings is 1. The minimum atomic E-state index is -0.142. The van der Waals surface area contributed by atoms with Gasteiger partial charge in [0, 0.05) is 38.8 Å². The second kappa shape index (κ2) is 8.70. The van der Waals surface area contributed by atoms with E-state index in [-0.39, 0.29) is 5.91 Å². The molecule has 1 saturated heterocycles. The van der Waals surface area contributed by atoms with Crippen molar-refractivity contribution in [1.82, 2.24) is 15.3 Å². The molecule has 0 atom stereocenters. The molecule has 0 unspecified atom stereocenters. The highest BCUT2D eigenvalue weighted by molar-refractivity contribution is 5.92. The average Bonchev–Trinajstić information content (AvgIpc) is 2.71. The summed E-state index contributed by atoms with van der Waals surface area (Å²) in [6.45, 7) is 7.87. The first kappa shape index (κ1) is 18.9. The topological polar surface area (TPSA) is 70.6 Å². The maximum Gasteiger partial charge on any atom is 0.270 e. The smallest absolute Gasteiger partial charge is 0.270 e. The Bertz CT molecular complexity index is 788. The zero-order valence-corrected chi connectivity index (χ0v) is 16.2. The van der Waals surface area contributed by atoms with E-state index in [4.69, 9.17) is 4.74 Å². The normalized spacial score (nSPS) is 14.2. The van der Waals surface area contributed by atoms with Gasteiger partial charge < -0.3 is 19.9 Å². The number of rotatable bonds is 6. The van der Waals surface area contributed by atoms with Gasteiger partial charge in [0.25, 0.3) is 5.91 Å². The van der Waals surface area contributed by atoms with Crippen LogP contribution in [0.5, 0.6) is 5.75 Å². The fourth-order valence-corrected chi connectivity index (χ4v) is 3.23. The van der Waals surface area contributed by atoms with Gasteiger partial charge in [0.2, 0.25) is 0 Å². The van der Waals surface area contributed by atoms with Crippen molar-refractivity contribution in [3.05, 3.63) is 41.9 Å². The Labute approximate surface area is 160 Å². The number of carbonyl (C=O) groups is 1. The molecule has 3 rings (SSSR count). The predicted molar refractivity (Wildman–Crippen MR) is 107 cm³/mol. The van der Waals surface area contributed by atoms with Crippen molar-refractivity contribution in [2.75, 3.05) is 49.6 Å². The van der Waals surface area contributed by atoms with Gasteiger partial charge in [0.05, 0.1) is 12.8 Å². The molecular weight excluding hydrogens is 342 g/mol. The number of para-hydroxylation sites is 2. The number of carbonyl (C=O) groups excluding carboxylic acids is 1. The number of amides is 1. The van der Waals surface area contributed by atoms with Crippen molar-refractivity contribution in [2.45, 2.75) is 20.3 Å². The summed E-state index contributed by atoms with van der Waals surface area (Å²) in [7, 11) is 1.70.